The van der Waals surface area contributed by atoms with Crippen LogP contribution >= 0.6 is 12.4 Å². The average molecular weight is 400 g/mol. The summed E-state index contributed by atoms with van der Waals surface area (Å²) in [7, 11) is 0. The standard InChI is InChI=1S/C19H29N3O4.ClH/c1-2-15(19(25)26)12-21-18(24)16-4-3-11-22(13-16)17(23)6-5-14-7-9-20-10-8-14;/h1,14-16,20H,3-13H2,(H,21,24)(H,25,26);1H/t15-,16+;/m0./s1. The SMILES string of the molecule is C#C[C@@H](CNC(=O)[C@@H]1CCCN(C(=O)CCC2CCNCC2)C1)C(=O)O.Cl. The van der Waals surface area contributed by atoms with Crippen molar-refractivity contribution in [2.24, 2.45) is 17.8 Å². The van der Waals surface area contributed by atoms with Crippen molar-refractivity contribution < 1.29 is 19.5 Å². The van der Waals surface area contributed by atoms with Gasteiger partial charge in [0.2, 0.25) is 11.8 Å². The molecule has 2 saturated heterocycles. The summed E-state index contributed by atoms with van der Waals surface area (Å²) in [6.07, 6.45) is 10.3. The first-order chi connectivity index (χ1) is 12.5. The fraction of sp³-hybridized carbons (Fsp3) is 0.737. The summed E-state index contributed by atoms with van der Waals surface area (Å²) in [6.45, 7) is 3.08. The summed E-state index contributed by atoms with van der Waals surface area (Å²) in [5.41, 5.74) is 0. The highest BCUT2D eigenvalue weighted by Gasteiger charge is 2.29. The van der Waals surface area contributed by atoms with Gasteiger partial charge >= 0.3 is 5.97 Å². The molecule has 2 atom stereocenters. The van der Waals surface area contributed by atoms with Crippen LogP contribution < -0.4 is 10.6 Å². The molecule has 8 heteroatoms. The lowest BCUT2D eigenvalue weighted by molar-refractivity contribution is -0.139. The largest absolute Gasteiger partial charge is 0.480 e. The number of nitrogens with zero attached hydrogens (tertiary/aromatic N) is 1. The van der Waals surface area contributed by atoms with Gasteiger partial charge < -0.3 is 20.6 Å². The van der Waals surface area contributed by atoms with E-state index >= 15 is 0 Å². The molecule has 0 aromatic carbocycles. The van der Waals surface area contributed by atoms with E-state index in [1.807, 2.05) is 0 Å². The minimum atomic E-state index is -1.12. The Bertz CT molecular complexity index is 558. The van der Waals surface area contributed by atoms with Crippen molar-refractivity contribution in [1.29, 1.82) is 0 Å². The molecule has 2 amide bonds. The molecule has 2 aliphatic rings. The minimum Gasteiger partial charge on any atom is -0.480 e. The number of hydrogen-bond acceptors (Lipinski definition) is 4. The first-order valence-electron chi connectivity index (χ1n) is 9.46. The molecule has 152 valence electrons. The summed E-state index contributed by atoms with van der Waals surface area (Å²) in [4.78, 5) is 37.5. The molecule has 2 rings (SSSR count). The third-order valence-corrected chi connectivity index (χ3v) is 5.35. The van der Waals surface area contributed by atoms with E-state index in [1.165, 1.54) is 0 Å². The van der Waals surface area contributed by atoms with Crippen LogP contribution in [0.4, 0.5) is 0 Å². The van der Waals surface area contributed by atoms with E-state index < -0.39 is 11.9 Å². The molecule has 0 unspecified atom stereocenters. The van der Waals surface area contributed by atoms with Gasteiger partial charge in [-0.15, -0.1) is 18.8 Å². The van der Waals surface area contributed by atoms with E-state index in [9.17, 15) is 14.4 Å². The molecule has 0 aromatic heterocycles. The summed E-state index contributed by atoms with van der Waals surface area (Å²) < 4.78 is 0. The van der Waals surface area contributed by atoms with E-state index in [1.54, 1.807) is 4.90 Å². The summed E-state index contributed by atoms with van der Waals surface area (Å²) in [6, 6.07) is 0. The fourth-order valence-electron chi connectivity index (χ4n) is 3.64. The molecule has 0 bridgehead atoms. The number of terminal acetylenes is 1. The molecule has 0 saturated carbocycles. The molecule has 3 N–H and O–H groups in total. The van der Waals surface area contributed by atoms with Gasteiger partial charge in [-0.2, -0.15) is 0 Å². The normalized spacial score (nSPS) is 21.4. The van der Waals surface area contributed by atoms with E-state index in [-0.39, 0.29) is 36.7 Å². The lowest BCUT2D eigenvalue weighted by Crippen LogP contribution is -2.46. The van der Waals surface area contributed by atoms with Crippen molar-refractivity contribution in [3.05, 3.63) is 0 Å². The van der Waals surface area contributed by atoms with Crippen LogP contribution in [0.3, 0.4) is 0 Å². The average Bonchev–Trinajstić information content (AvgIpc) is 2.67. The number of aliphatic carboxylic acids is 1. The van der Waals surface area contributed by atoms with Crippen molar-refractivity contribution in [3.63, 3.8) is 0 Å². The van der Waals surface area contributed by atoms with Gasteiger partial charge in [0.05, 0.1) is 5.92 Å². The maximum absolute atomic E-state index is 12.5. The number of likely N-dealkylation sites (tertiary alicyclic amines) is 1. The van der Waals surface area contributed by atoms with Crippen molar-refractivity contribution in [3.8, 4) is 12.3 Å². The second kappa shape index (κ2) is 11.8. The lowest BCUT2D eigenvalue weighted by atomic mass is 9.92. The number of carboxylic acids is 1. The minimum absolute atomic E-state index is 0. The number of piperidine rings is 2. The van der Waals surface area contributed by atoms with Crippen molar-refractivity contribution in [2.45, 2.75) is 38.5 Å². The third kappa shape index (κ3) is 7.39. The Balaban J connectivity index is 0.00000364. The number of carbonyl (C=O) groups excluding carboxylic acids is 2. The van der Waals surface area contributed by atoms with E-state index in [0.717, 1.165) is 38.8 Å². The summed E-state index contributed by atoms with van der Waals surface area (Å²) >= 11 is 0. The van der Waals surface area contributed by atoms with Gasteiger partial charge in [0.1, 0.15) is 5.92 Å². The van der Waals surface area contributed by atoms with Gasteiger partial charge in [-0.25, -0.2) is 0 Å². The number of nitrogens with one attached hydrogen (secondary N) is 2. The maximum Gasteiger partial charge on any atom is 0.320 e. The van der Waals surface area contributed by atoms with Crippen LogP contribution in [0.5, 0.6) is 0 Å². The monoisotopic (exact) mass is 399 g/mol. The quantitative estimate of drug-likeness (QED) is 0.552. The first kappa shape index (κ1) is 23.3. The lowest BCUT2D eigenvalue weighted by Gasteiger charge is -2.33. The van der Waals surface area contributed by atoms with Crippen molar-refractivity contribution in [2.75, 3.05) is 32.7 Å². The molecule has 0 radical (unpaired) electrons. The smallest absolute Gasteiger partial charge is 0.320 e. The highest BCUT2D eigenvalue weighted by molar-refractivity contribution is 5.85. The van der Waals surface area contributed by atoms with Crippen LogP contribution in [0.2, 0.25) is 0 Å². The number of rotatable bonds is 7. The zero-order valence-corrected chi connectivity index (χ0v) is 16.4. The van der Waals surface area contributed by atoms with E-state index in [0.29, 0.717) is 31.8 Å². The van der Waals surface area contributed by atoms with Gasteiger partial charge in [0.25, 0.3) is 0 Å². The first-order valence-corrected chi connectivity index (χ1v) is 9.46. The second-order valence-electron chi connectivity index (χ2n) is 7.21. The molecule has 2 heterocycles. The predicted octanol–water partition coefficient (Wildman–Crippen LogP) is 0.877. The molecule has 0 aromatic rings. The van der Waals surface area contributed by atoms with Crippen LogP contribution in [0.15, 0.2) is 0 Å². The number of halogens is 1. The molecular formula is C19H30ClN3O4. The Morgan fingerprint density at radius 2 is 1.96 bits per heavy atom. The maximum atomic E-state index is 12.5. The second-order valence-corrected chi connectivity index (χ2v) is 7.21. The number of carboxylic acid groups (broad SMARTS) is 1. The Morgan fingerprint density at radius 3 is 2.59 bits per heavy atom. The van der Waals surface area contributed by atoms with Crippen LogP contribution in [0.25, 0.3) is 0 Å². The molecule has 0 spiro atoms. The van der Waals surface area contributed by atoms with Crippen LogP contribution in [-0.2, 0) is 14.4 Å². The Hall–Kier alpha value is -1.78. The third-order valence-electron chi connectivity index (χ3n) is 5.35. The molecule has 0 aliphatic carbocycles. The van der Waals surface area contributed by atoms with Gasteiger partial charge in [-0.3, -0.25) is 14.4 Å². The van der Waals surface area contributed by atoms with Gasteiger partial charge in [0.15, 0.2) is 0 Å². The number of amides is 2. The van der Waals surface area contributed by atoms with Crippen molar-refractivity contribution in [1.82, 2.24) is 15.5 Å². The molecular weight excluding hydrogens is 370 g/mol. The van der Waals surface area contributed by atoms with Crippen molar-refractivity contribution >= 4 is 30.2 Å². The van der Waals surface area contributed by atoms with Crippen LogP contribution in [0.1, 0.15) is 38.5 Å². The predicted molar refractivity (Wildman–Crippen MR) is 104 cm³/mol. The molecule has 27 heavy (non-hydrogen) atoms. The Morgan fingerprint density at radius 1 is 1.26 bits per heavy atom. The highest BCUT2D eigenvalue weighted by atomic mass is 35.5. The van der Waals surface area contributed by atoms with E-state index in [4.69, 9.17) is 11.5 Å². The fourth-order valence-corrected chi connectivity index (χ4v) is 3.64. The highest BCUT2D eigenvalue weighted by Crippen LogP contribution is 2.21. The van der Waals surface area contributed by atoms with Gasteiger partial charge in [-0.05, 0) is 51.1 Å². The van der Waals surface area contributed by atoms with Crippen LogP contribution in [0, 0.1) is 30.1 Å². The van der Waals surface area contributed by atoms with E-state index in [2.05, 4.69) is 16.6 Å². The molecule has 2 aliphatic heterocycles. The summed E-state index contributed by atoms with van der Waals surface area (Å²) in [5, 5.41) is 14.9. The summed E-state index contributed by atoms with van der Waals surface area (Å²) in [5.74, 6) is 0.227. The van der Waals surface area contributed by atoms with Crippen LogP contribution in [-0.4, -0.2) is 60.5 Å². The number of carbonyl (C=O) groups is 3. The zero-order valence-electron chi connectivity index (χ0n) is 15.6. The number of hydrogen-bond donors (Lipinski definition) is 3. The topological polar surface area (TPSA) is 98.7 Å². The zero-order chi connectivity index (χ0) is 18.9. The van der Waals surface area contributed by atoms with Gasteiger partial charge in [0, 0.05) is 26.1 Å². The molecule has 7 nitrogen and oxygen atoms in total. The Kier molecular flexibility index (Phi) is 10.2. The molecule has 2 fully saturated rings. The van der Waals surface area contributed by atoms with Gasteiger partial charge in [-0.1, -0.05) is 5.92 Å². The Labute approximate surface area is 167 Å².